The molecule has 2 saturated carbocycles. The van der Waals surface area contributed by atoms with Crippen molar-refractivity contribution in [1.29, 1.82) is 0 Å². The highest BCUT2D eigenvalue weighted by molar-refractivity contribution is 5.94. The predicted octanol–water partition coefficient (Wildman–Crippen LogP) is 3.52. The summed E-state index contributed by atoms with van der Waals surface area (Å²) in [5, 5.41) is 32.8. The van der Waals surface area contributed by atoms with Crippen LogP contribution >= 0.6 is 0 Å². The SMILES string of the molecule is C[C@@H]1C[C@H]2[C@@H]3CC=C4CC(=O)C=C[C@]4(C)[C@@]3(F)[C@@H](O)C[C@]2(C)[C@@]1(O)C(=O)COC(=O)Oc1ccc(C[C@H](N)C(=O)OCCCCO[N+](=O)[O-])cc1. The van der Waals surface area contributed by atoms with E-state index in [1.165, 1.54) is 18.2 Å². The van der Waals surface area contributed by atoms with E-state index >= 15 is 4.39 Å². The molecule has 4 aliphatic carbocycles. The van der Waals surface area contributed by atoms with Gasteiger partial charge in [0.15, 0.2) is 18.1 Å². The largest absolute Gasteiger partial charge is 0.514 e. The first-order valence-corrected chi connectivity index (χ1v) is 17.1. The molecule has 0 aliphatic heterocycles. The summed E-state index contributed by atoms with van der Waals surface area (Å²) in [4.78, 5) is 64.9. The predicted molar refractivity (Wildman–Crippen MR) is 176 cm³/mol. The molecule has 0 radical (unpaired) electrons. The van der Waals surface area contributed by atoms with Gasteiger partial charge < -0.3 is 35.0 Å². The van der Waals surface area contributed by atoms with Crippen LogP contribution in [0.2, 0.25) is 0 Å². The molecule has 1 aromatic rings. The number of hydrogen-bond acceptors (Lipinski definition) is 13. The van der Waals surface area contributed by atoms with Gasteiger partial charge in [0, 0.05) is 23.2 Å². The summed E-state index contributed by atoms with van der Waals surface area (Å²) >= 11 is 0. The molecule has 0 saturated heterocycles. The van der Waals surface area contributed by atoms with Gasteiger partial charge in [-0.2, -0.15) is 0 Å². The quantitative estimate of drug-likeness (QED) is 0.0666. The molecule has 0 bridgehead atoms. The summed E-state index contributed by atoms with van der Waals surface area (Å²) < 4.78 is 32.8. The number of unbranched alkanes of at least 4 members (excludes halogenated alkanes) is 1. The van der Waals surface area contributed by atoms with Gasteiger partial charge in [-0.05, 0) is 81.1 Å². The fraction of sp³-hybridized carbons (Fsp3) is 0.611. The van der Waals surface area contributed by atoms with Gasteiger partial charge in [-0.1, -0.05) is 43.7 Å². The molecule has 5 rings (SSSR count). The number of esters is 1. The van der Waals surface area contributed by atoms with Crippen LogP contribution in [0.3, 0.4) is 0 Å². The van der Waals surface area contributed by atoms with Gasteiger partial charge in [0.2, 0.25) is 5.78 Å². The summed E-state index contributed by atoms with van der Waals surface area (Å²) in [6.07, 6.45) is 3.29. The molecular weight excluding hydrogens is 671 g/mol. The number of alkyl halides is 1. The van der Waals surface area contributed by atoms with Crippen LogP contribution in [-0.4, -0.2) is 82.2 Å². The maximum Gasteiger partial charge on any atom is 0.514 e. The zero-order valence-electron chi connectivity index (χ0n) is 28.9. The number of hydrogen-bond donors (Lipinski definition) is 3. The van der Waals surface area contributed by atoms with E-state index in [-0.39, 0.29) is 50.4 Å². The fourth-order valence-corrected chi connectivity index (χ4v) is 9.06. The van der Waals surface area contributed by atoms with E-state index in [0.29, 0.717) is 30.4 Å². The van der Waals surface area contributed by atoms with Gasteiger partial charge in [0.1, 0.15) is 17.4 Å². The van der Waals surface area contributed by atoms with E-state index < -0.39 is 81.6 Å². The first-order valence-electron chi connectivity index (χ1n) is 17.1. The van der Waals surface area contributed by atoms with E-state index in [2.05, 4.69) is 4.84 Å². The van der Waals surface area contributed by atoms with Crippen LogP contribution in [0.4, 0.5) is 9.18 Å². The number of nitrogens with zero attached hydrogens (tertiary/aromatic N) is 1. The number of rotatable bonds is 13. The Morgan fingerprint density at radius 1 is 1.12 bits per heavy atom. The lowest BCUT2D eigenvalue weighted by atomic mass is 9.45. The first kappa shape index (κ1) is 38.0. The molecule has 2 fully saturated rings. The highest BCUT2D eigenvalue weighted by Gasteiger charge is 2.75. The number of carbonyl (C=O) groups is 4. The van der Waals surface area contributed by atoms with E-state index in [4.69, 9.17) is 19.9 Å². The molecule has 4 N–H and O–H groups in total. The van der Waals surface area contributed by atoms with Crippen LogP contribution < -0.4 is 10.5 Å². The van der Waals surface area contributed by atoms with Crippen LogP contribution in [-0.2, 0) is 35.1 Å². The van der Waals surface area contributed by atoms with Crippen molar-refractivity contribution < 1.29 is 57.9 Å². The molecule has 0 aromatic heterocycles. The monoisotopic (exact) mass is 716 g/mol. The van der Waals surface area contributed by atoms with Crippen molar-refractivity contribution in [2.24, 2.45) is 34.3 Å². The van der Waals surface area contributed by atoms with Crippen molar-refractivity contribution in [3.05, 3.63) is 63.7 Å². The van der Waals surface area contributed by atoms with Crippen molar-refractivity contribution in [2.75, 3.05) is 19.8 Å². The molecule has 9 atom stereocenters. The number of fused-ring (bicyclic) bond motifs is 5. The number of halogens is 1. The van der Waals surface area contributed by atoms with E-state index in [0.717, 1.165) is 0 Å². The number of Topliss-reactive ketones (excluding diaryl/α,β-unsaturated/α-hetero) is 1. The molecule has 1 aromatic carbocycles. The molecule has 14 nitrogen and oxygen atoms in total. The van der Waals surface area contributed by atoms with E-state index in [1.807, 2.05) is 6.08 Å². The fourth-order valence-electron chi connectivity index (χ4n) is 9.06. The summed E-state index contributed by atoms with van der Waals surface area (Å²) in [5.74, 6) is -3.33. The Morgan fingerprint density at radius 2 is 1.80 bits per heavy atom. The molecule has 278 valence electrons. The number of allylic oxidation sites excluding steroid dienone is 4. The summed E-state index contributed by atoms with van der Waals surface area (Å²) in [6, 6.07) is 5.05. The number of nitrogens with two attached hydrogens (primary N) is 1. The van der Waals surface area contributed by atoms with Crippen LogP contribution in [0.5, 0.6) is 5.75 Å². The van der Waals surface area contributed by atoms with Crippen LogP contribution in [0.15, 0.2) is 48.1 Å². The minimum absolute atomic E-state index is 0.0294. The van der Waals surface area contributed by atoms with Crippen molar-refractivity contribution in [3.63, 3.8) is 0 Å². The lowest BCUT2D eigenvalue weighted by Gasteiger charge is -2.62. The number of aliphatic hydroxyl groups is 2. The standard InChI is InChI=1S/C36H45FN2O12/c1-21-16-27-26-11-8-23-18-24(40)12-13-33(23,2)35(26,37)29(41)19-34(27,3)36(21,45)30(42)20-49-32(44)51-25-9-6-22(7-10-25)17-28(38)31(43)48-14-4-5-15-50-39(46)47/h6-10,12-13,21,26-29,41,45H,4-5,11,14-20,38H2,1-3H3/t21-,26+,27+,28+,29+,33+,34+,35+,36+/m1/s1. The molecule has 0 heterocycles. The van der Waals surface area contributed by atoms with Crippen molar-refractivity contribution in [1.82, 2.24) is 0 Å². The second-order valence-corrected chi connectivity index (χ2v) is 14.6. The van der Waals surface area contributed by atoms with Crippen LogP contribution in [0.25, 0.3) is 0 Å². The summed E-state index contributed by atoms with van der Waals surface area (Å²) in [5.41, 5.74) is 0.607. The Labute approximate surface area is 294 Å². The highest BCUT2D eigenvalue weighted by atomic mass is 19.1. The third kappa shape index (κ3) is 6.78. The second-order valence-electron chi connectivity index (χ2n) is 14.6. The number of carbonyl (C=O) groups excluding carboxylic acids is 4. The topological polar surface area (TPSA) is 215 Å². The van der Waals surface area contributed by atoms with Gasteiger partial charge in [-0.25, -0.2) is 9.18 Å². The van der Waals surface area contributed by atoms with Gasteiger partial charge in [0.05, 0.1) is 19.3 Å². The molecule has 0 amide bonds. The Bertz CT molecular complexity index is 1610. The van der Waals surface area contributed by atoms with Crippen molar-refractivity contribution >= 4 is 23.7 Å². The van der Waals surface area contributed by atoms with Crippen LogP contribution in [0.1, 0.15) is 64.9 Å². The Kier molecular flexibility index (Phi) is 10.8. The number of aliphatic hydroxyl groups excluding tert-OH is 1. The van der Waals surface area contributed by atoms with Crippen molar-refractivity contribution in [3.8, 4) is 5.75 Å². The third-order valence-corrected chi connectivity index (χ3v) is 11.8. The van der Waals surface area contributed by atoms with E-state index in [9.17, 15) is 39.5 Å². The highest BCUT2D eigenvalue weighted by Crippen LogP contribution is 2.70. The van der Waals surface area contributed by atoms with Gasteiger partial charge >= 0.3 is 12.1 Å². The number of ketones is 2. The molecule has 0 unspecified atom stereocenters. The van der Waals surface area contributed by atoms with Gasteiger partial charge in [0.25, 0.3) is 5.09 Å². The van der Waals surface area contributed by atoms with Crippen LogP contribution in [0, 0.1) is 38.7 Å². The summed E-state index contributed by atoms with van der Waals surface area (Å²) in [6.45, 7) is 4.19. The Hall–Kier alpha value is -4.21. The molecule has 51 heavy (non-hydrogen) atoms. The summed E-state index contributed by atoms with van der Waals surface area (Å²) in [7, 11) is 0. The molecule has 15 heteroatoms. The van der Waals surface area contributed by atoms with E-state index in [1.54, 1.807) is 39.0 Å². The Morgan fingerprint density at radius 3 is 2.49 bits per heavy atom. The maximum atomic E-state index is 17.4. The number of benzene rings is 1. The lowest BCUT2D eigenvalue weighted by Crippen LogP contribution is -2.69. The lowest BCUT2D eigenvalue weighted by molar-refractivity contribution is -0.757. The third-order valence-electron chi connectivity index (χ3n) is 11.8. The minimum atomic E-state index is -2.11. The zero-order valence-corrected chi connectivity index (χ0v) is 28.9. The maximum absolute atomic E-state index is 17.4. The average Bonchev–Trinajstić information content (AvgIpc) is 3.28. The van der Waals surface area contributed by atoms with Gasteiger partial charge in [-0.15, -0.1) is 10.1 Å². The number of ether oxygens (including phenoxy) is 3. The second kappa shape index (κ2) is 14.4. The smallest absolute Gasteiger partial charge is 0.465 e. The zero-order chi connectivity index (χ0) is 37.4. The molecule has 4 aliphatic rings. The molecule has 0 spiro atoms. The average molecular weight is 717 g/mol. The van der Waals surface area contributed by atoms with Gasteiger partial charge in [-0.3, -0.25) is 14.4 Å². The first-order chi connectivity index (χ1) is 24.0. The van der Waals surface area contributed by atoms with Crippen molar-refractivity contribution in [2.45, 2.75) is 89.1 Å². The molecular formula is C36H45FN2O12. The normalized spacial score (nSPS) is 34.3. The Balaban J connectivity index is 1.15. The minimum Gasteiger partial charge on any atom is -0.465 e.